The first-order chi connectivity index (χ1) is 9.37. The Morgan fingerprint density at radius 2 is 1.80 bits per heavy atom. The fourth-order valence-corrected chi connectivity index (χ4v) is 2.12. The Bertz CT molecular complexity index is 620. The summed E-state index contributed by atoms with van der Waals surface area (Å²) in [6.07, 6.45) is 5.86. The summed E-state index contributed by atoms with van der Waals surface area (Å²) in [7, 11) is -1.26. The van der Waals surface area contributed by atoms with Crippen LogP contribution < -0.4 is 0 Å². The predicted molar refractivity (Wildman–Crippen MR) is 100 cm³/mol. The summed E-state index contributed by atoms with van der Waals surface area (Å²) in [6, 6.07) is 8.21. The van der Waals surface area contributed by atoms with Gasteiger partial charge in [0.15, 0.2) is 0 Å². The van der Waals surface area contributed by atoms with Crippen molar-refractivity contribution in [3.05, 3.63) is 57.2 Å². The van der Waals surface area contributed by atoms with Crippen molar-refractivity contribution >= 4 is 30.7 Å². The van der Waals surface area contributed by atoms with E-state index in [9.17, 15) is 0 Å². The van der Waals surface area contributed by atoms with E-state index in [1.165, 1.54) is 3.57 Å². The van der Waals surface area contributed by atoms with Crippen molar-refractivity contribution in [2.24, 2.45) is 0 Å². The van der Waals surface area contributed by atoms with E-state index < -0.39 is 8.07 Å². The number of hydrogen-bond donors (Lipinski definition) is 0. The van der Waals surface area contributed by atoms with Crippen LogP contribution in [0, 0.1) is 26.9 Å². The second kappa shape index (κ2) is 8.14. The van der Waals surface area contributed by atoms with E-state index in [-0.39, 0.29) is 0 Å². The van der Waals surface area contributed by atoms with Gasteiger partial charge in [-0.1, -0.05) is 49.6 Å². The van der Waals surface area contributed by atoms with E-state index in [4.69, 9.17) is 0 Å². The smallest absolute Gasteiger partial charge is 0.127 e. The van der Waals surface area contributed by atoms with Gasteiger partial charge in [-0.05, 0) is 65.4 Å². The van der Waals surface area contributed by atoms with Crippen LogP contribution in [-0.2, 0) is 0 Å². The van der Waals surface area contributed by atoms with Gasteiger partial charge in [-0.3, -0.25) is 0 Å². The molecule has 102 valence electrons. The number of rotatable bonds is 1. The summed E-state index contributed by atoms with van der Waals surface area (Å²) >= 11 is 2.29. The second-order valence-electron chi connectivity index (χ2n) is 5.49. The maximum atomic E-state index is 3.29. The third kappa shape index (κ3) is 8.04. The van der Waals surface area contributed by atoms with Crippen molar-refractivity contribution in [1.29, 1.82) is 0 Å². The van der Waals surface area contributed by atoms with Crippen LogP contribution in [0.4, 0.5) is 0 Å². The third-order valence-corrected chi connectivity index (χ3v) is 3.83. The first kappa shape index (κ1) is 16.8. The van der Waals surface area contributed by atoms with Crippen LogP contribution in [0.15, 0.2) is 48.1 Å². The molecule has 0 saturated carbocycles. The molecular weight excluding hydrogens is 371 g/mol. The highest BCUT2D eigenvalue weighted by Crippen LogP contribution is 2.05. The maximum Gasteiger partial charge on any atom is 0.129 e. The standard InChI is InChI=1S/C18H19ISi/c1-16(8-6-5-7-15-20(2,3)4)9-10-17-11-13-18(19)14-12-17/h5-6,8,11-14H,1-4H3/b6-5-,16-8-. The Morgan fingerprint density at radius 1 is 1.15 bits per heavy atom. The van der Waals surface area contributed by atoms with E-state index in [0.29, 0.717) is 0 Å². The Labute approximate surface area is 137 Å². The molecule has 0 aromatic heterocycles. The molecule has 1 rings (SSSR count). The van der Waals surface area contributed by atoms with Crippen molar-refractivity contribution in [1.82, 2.24) is 0 Å². The highest BCUT2D eigenvalue weighted by Gasteiger charge is 2.06. The minimum absolute atomic E-state index is 1.04. The number of allylic oxidation sites excluding steroid dienone is 4. The van der Waals surface area contributed by atoms with Crippen LogP contribution in [0.5, 0.6) is 0 Å². The van der Waals surface area contributed by atoms with Gasteiger partial charge in [-0.2, -0.15) is 0 Å². The molecule has 0 aliphatic heterocycles. The van der Waals surface area contributed by atoms with Gasteiger partial charge >= 0.3 is 0 Å². The van der Waals surface area contributed by atoms with E-state index in [1.54, 1.807) is 0 Å². The Morgan fingerprint density at radius 3 is 2.40 bits per heavy atom. The number of hydrogen-bond acceptors (Lipinski definition) is 0. The molecule has 0 aliphatic rings. The summed E-state index contributed by atoms with van der Waals surface area (Å²) in [4.78, 5) is 0. The molecule has 0 N–H and O–H groups in total. The lowest BCUT2D eigenvalue weighted by molar-refractivity contribution is 1.56. The first-order valence-corrected chi connectivity index (χ1v) is 11.1. The van der Waals surface area contributed by atoms with Gasteiger partial charge in [0.05, 0.1) is 0 Å². The zero-order valence-electron chi connectivity index (χ0n) is 12.4. The summed E-state index contributed by atoms with van der Waals surface area (Å²) in [5, 5.41) is 0. The highest BCUT2D eigenvalue weighted by molar-refractivity contribution is 14.1. The van der Waals surface area contributed by atoms with E-state index in [1.807, 2.05) is 37.3 Å². The van der Waals surface area contributed by atoms with E-state index >= 15 is 0 Å². The fraction of sp³-hybridized carbons (Fsp3) is 0.222. The topological polar surface area (TPSA) is 0 Å². The van der Waals surface area contributed by atoms with Crippen molar-refractivity contribution in [3.63, 3.8) is 0 Å². The molecule has 0 heterocycles. The molecule has 0 amide bonds. The fourth-order valence-electron chi connectivity index (χ4n) is 1.24. The minimum atomic E-state index is -1.26. The summed E-state index contributed by atoms with van der Waals surface area (Å²) in [5.74, 6) is 9.39. The Kier molecular flexibility index (Phi) is 6.85. The van der Waals surface area contributed by atoms with Gasteiger partial charge in [0.1, 0.15) is 8.07 Å². The molecule has 0 aliphatic carbocycles. The average Bonchev–Trinajstić information content (AvgIpc) is 2.36. The average molecular weight is 390 g/mol. The van der Waals surface area contributed by atoms with Crippen molar-refractivity contribution in [2.75, 3.05) is 0 Å². The highest BCUT2D eigenvalue weighted by atomic mass is 127. The molecule has 1 aromatic rings. The van der Waals surface area contributed by atoms with Crippen LogP contribution in [-0.4, -0.2) is 8.07 Å². The minimum Gasteiger partial charge on any atom is -0.127 e. The lowest BCUT2D eigenvalue weighted by atomic mass is 10.2. The molecule has 0 nitrogen and oxygen atoms in total. The molecule has 0 spiro atoms. The number of benzene rings is 1. The van der Waals surface area contributed by atoms with Gasteiger partial charge in [0.2, 0.25) is 0 Å². The molecule has 2 heteroatoms. The normalized spacial score (nSPS) is 11.6. The predicted octanol–water partition coefficient (Wildman–Crippen LogP) is 5.03. The molecule has 0 bridgehead atoms. The first-order valence-electron chi connectivity index (χ1n) is 6.50. The van der Waals surface area contributed by atoms with Gasteiger partial charge in [-0.25, -0.2) is 0 Å². The van der Waals surface area contributed by atoms with Gasteiger partial charge < -0.3 is 0 Å². The van der Waals surface area contributed by atoms with E-state index in [2.05, 4.69) is 77.7 Å². The monoisotopic (exact) mass is 390 g/mol. The molecule has 0 saturated heterocycles. The molecular formula is C18H19ISi. The van der Waals surface area contributed by atoms with Crippen molar-refractivity contribution in [3.8, 4) is 23.3 Å². The molecule has 0 atom stereocenters. The van der Waals surface area contributed by atoms with Gasteiger partial charge in [-0.15, -0.1) is 5.54 Å². The maximum absolute atomic E-state index is 3.29. The van der Waals surface area contributed by atoms with Gasteiger partial charge in [0.25, 0.3) is 0 Å². The largest absolute Gasteiger partial charge is 0.129 e. The molecule has 0 fully saturated rings. The van der Waals surface area contributed by atoms with Gasteiger partial charge in [0, 0.05) is 9.13 Å². The summed E-state index contributed by atoms with van der Waals surface area (Å²) in [5.41, 5.74) is 5.37. The summed E-state index contributed by atoms with van der Waals surface area (Å²) < 4.78 is 1.23. The quantitative estimate of drug-likeness (QED) is 0.273. The molecule has 0 unspecified atom stereocenters. The third-order valence-electron chi connectivity index (χ3n) is 2.22. The van der Waals surface area contributed by atoms with E-state index in [0.717, 1.165) is 11.1 Å². The Hall–Kier alpha value is -1.23. The van der Waals surface area contributed by atoms with Crippen LogP contribution >= 0.6 is 22.6 Å². The Balaban J connectivity index is 2.65. The van der Waals surface area contributed by atoms with Crippen molar-refractivity contribution in [2.45, 2.75) is 26.6 Å². The zero-order valence-corrected chi connectivity index (χ0v) is 15.6. The summed E-state index contributed by atoms with van der Waals surface area (Å²) in [6.45, 7) is 8.72. The van der Waals surface area contributed by atoms with Crippen LogP contribution in [0.3, 0.4) is 0 Å². The SMILES string of the molecule is C/C(C#Cc1ccc(I)cc1)=C/C=C\C#C[Si](C)(C)C. The molecule has 1 aromatic carbocycles. The lowest BCUT2D eigenvalue weighted by Gasteiger charge is -2.01. The van der Waals surface area contributed by atoms with Crippen LogP contribution in [0.1, 0.15) is 12.5 Å². The second-order valence-corrected chi connectivity index (χ2v) is 11.5. The van der Waals surface area contributed by atoms with Crippen molar-refractivity contribution < 1.29 is 0 Å². The number of halogens is 1. The zero-order chi connectivity index (χ0) is 15.0. The van der Waals surface area contributed by atoms with Crippen LogP contribution in [0.2, 0.25) is 19.6 Å². The van der Waals surface area contributed by atoms with Crippen LogP contribution in [0.25, 0.3) is 0 Å². The lowest BCUT2D eigenvalue weighted by Crippen LogP contribution is -2.16. The molecule has 0 radical (unpaired) electrons. The molecule has 20 heavy (non-hydrogen) atoms.